The number of sulfonamides is 1. The van der Waals surface area contributed by atoms with Crippen molar-refractivity contribution in [1.29, 1.82) is 5.26 Å². The van der Waals surface area contributed by atoms with E-state index in [1.165, 1.54) is 18.2 Å². The van der Waals surface area contributed by atoms with Crippen molar-refractivity contribution in [2.75, 3.05) is 11.4 Å². The van der Waals surface area contributed by atoms with Crippen LogP contribution in [0.15, 0.2) is 53.4 Å². The van der Waals surface area contributed by atoms with E-state index in [1.807, 2.05) is 0 Å². The lowest BCUT2D eigenvalue weighted by atomic mass is 9.83. The molecule has 1 saturated carbocycles. The number of hydrogen-bond acceptors (Lipinski definition) is 6. The third-order valence-corrected chi connectivity index (χ3v) is 8.68. The van der Waals surface area contributed by atoms with E-state index in [9.17, 15) is 31.2 Å². The zero-order chi connectivity index (χ0) is 26.1. The van der Waals surface area contributed by atoms with Crippen molar-refractivity contribution in [2.24, 2.45) is 11.8 Å². The number of halogens is 3. The fraction of sp³-hybridized carbons (Fsp3) is 0.375. The molecule has 3 saturated heterocycles. The predicted molar refractivity (Wildman–Crippen MR) is 119 cm³/mol. The minimum atomic E-state index is -4.85. The van der Waals surface area contributed by atoms with Crippen LogP contribution < -0.4 is 9.62 Å². The molecule has 2 aromatic carbocycles. The molecule has 4 fully saturated rings. The van der Waals surface area contributed by atoms with E-state index < -0.39 is 62.2 Å². The summed E-state index contributed by atoms with van der Waals surface area (Å²) in [5.41, 5.74) is -4.22. The van der Waals surface area contributed by atoms with Gasteiger partial charge in [-0.25, -0.2) is 18.0 Å². The Bertz CT molecular complexity index is 1410. The summed E-state index contributed by atoms with van der Waals surface area (Å²) in [6, 6.07) is 11.9. The van der Waals surface area contributed by atoms with Gasteiger partial charge >= 0.3 is 6.18 Å². The minimum absolute atomic E-state index is 0.0624. The molecule has 4 aliphatic rings. The topological polar surface area (TPSA) is 117 Å². The Labute approximate surface area is 204 Å². The molecule has 3 aliphatic heterocycles. The Balaban J connectivity index is 1.39. The standard InChI is InChI=1S/C24H20F3N3O5S/c1-22-13-23(35-22,9-10-29-36(33,34)16-5-3-2-4-6-16)19-18(22)20(31)30(21(19)32)15-8-7-14(12-28)17(11-15)24(25,26)27/h2-8,11,18-19,29H,9-10,13H2,1H3/t18-,19+,22?,23?/m0/s1. The molecule has 0 spiro atoms. The van der Waals surface area contributed by atoms with Gasteiger partial charge in [-0.15, -0.1) is 0 Å². The lowest BCUT2D eigenvalue weighted by Gasteiger charge is -2.48. The number of nitriles is 1. The van der Waals surface area contributed by atoms with Crippen LogP contribution in [0.2, 0.25) is 0 Å². The average Bonchev–Trinajstić information content (AvgIpc) is 3.33. The maximum atomic E-state index is 13.5. The van der Waals surface area contributed by atoms with Gasteiger partial charge in [0.2, 0.25) is 21.8 Å². The summed E-state index contributed by atoms with van der Waals surface area (Å²) in [7, 11) is -3.80. The Morgan fingerprint density at radius 1 is 1.14 bits per heavy atom. The predicted octanol–water partition coefficient (Wildman–Crippen LogP) is 2.98. The van der Waals surface area contributed by atoms with E-state index in [0.717, 1.165) is 17.0 Å². The third kappa shape index (κ3) is 3.53. The number of carbonyl (C=O) groups is 2. The number of amides is 2. The summed E-state index contributed by atoms with van der Waals surface area (Å²) in [6.45, 7) is 1.60. The van der Waals surface area contributed by atoms with Gasteiger partial charge in [-0.05, 0) is 43.7 Å². The number of benzene rings is 2. The number of alkyl halides is 3. The van der Waals surface area contributed by atoms with Crippen molar-refractivity contribution in [3.8, 4) is 6.07 Å². The molecule has 12 heteroatoms. The molecule has 0 radical (unpaired) electrons. The number of ether oxygens (including phenoxy) is 1. The van der Waals surface area contributed by atoms with Gasteiger partial charge in [0.05, 0.1) is 50.8 Å². The van der Waals surface area contributed by atoms with E-state index in [1.54, 1.807) is 25.1 Å². The first kappa shape index (κ1) is 24.4. The zero-order valence-electron chi connectivity index (χ0n) is 18.9. The van der Waals surface area contributed by atoms with E-state index >= 15 is 0 Å². The van der Waals surface area contributed by atoms with Crippen LogP contribution in [0.3, 0.4) is 0 Å². The van der Waals surface area contributed by atoms with Gasteiger partial charge < -0.3 is 4.74 Å². The first-order valence-electron chi connectivity index (χ1n) is 11.1. The van der Waals surface area contributed by atoms with Crippen molar-refractivity contribution in [2.45, 2.75) is 42.0 Å². The highest BCUT2D eigenvalue weighted by Gasteiger charge is 2.78. The Kier molecular flexibility index (Phi) is 5.34. The highest BCUT2D eigenvalue weighted by molar-refractivity contribution is 7.89. The Hall–Kier alpha value is -3.27. The lowest BCUT2D eigenvalue weighted by Crippen LogP contribution is -2.57. The molecule has 3 heterocycles. The molecule has 1 aliphatic carbocycles. The van der Waals surface area contributed by atoms with Gasteiger partial charge in [0.15, 0.2) is 0 Å². The van der Waals surface area contributed by atoms with Crippen LogP contribution in [0.5, 0.6) is 0 Å². The second-order valence-electron chi connectivity index (χ2n) is 9.42. The first-order chi connectivity index (χ1) is 16.8. The van der Waals surface area contributed by atoms with Crippen molar-refractivity contribution in [1.82, 2.24) is 4.72 Å². The SMILES string of the molecule is CC12CC(CCNS(=O)(=O)c3ccccc3)(O1)[C@H]1C(=O)N(c3ccc(C#N)c(C(F)(F)F)c3)C(=O)[C@H]12. The lowest BCUT2D eigenvalue weighted by molar-refractivity contribution is -0.227. The largest absolute Gasteiger partial charge is 0.417 e. The molecule has 6 rings (SSSR count). The van der Waals surface area contributed by atoms with Crippen LogP contribution in [-0.2, 0) is 30.5 Å². The van der Waals surface area contributed by atoms with Crippen LogP contribution in [0, 0.1) is 23.2 Å². The van der Waals surface area contributed by atoms with Crippen LogP contribution >= 0.6 is 0 Å². The summed E-state index contributed by atoms with van der Waals surface area (Å²) in [6.07, 6.45) is -4.41. The highest BCUT2D eigenvalue weighted by Crippen LogP contribution is 2.66. The summed E-state index contributed by atoms with van der Waals surface area (Å²) in [5.74, 6) is -3.23. The Morgan fingerprint density at radius 3 is 2.39 bits per heavy atom. The second kappa shape index (κ2) is 7.86. The number of hydrogen-bond donors (Lipinski definition) is 1. The molecule has 2 amide bonds. The summed E-state index contributed by atoms with van der Waals surface area (Å²) in [5, 5.41) is 9.03. The monoisotopic (exact) mass is 519 g/mol. The van der Waals surface area contributed by atoms with Gasteiger partial charge in [-0.3, -0.25) is 9.59 Å². The van der Waals surface area contributed by atoms with Crippen LogP contribution in [0.25, 0.3) is 0 Å². The van der Waals surface area contributed by atoms with E-state index in [0.29, 0.717) is 12.5 Å². The summed E-state index contributed by atoms with van der Waals surface area (Å²) >= 11 is 0. The molecular formula is C24H20F3N3O5S. The van der Waals surface area contributed by atoms with Crippen molar-refractivity contribution in [3.63, 3.8) is 0 Å². The number of nitrogens with zero attached hydrogens (tertiary/aromatic N) is 2. The van der Waals surface area contributed by atoms with Gasteiger partial charge in [0.25, 0.3) is 0 Å². The van der Waals surface area contributed by atoms with Crippen LogP contribution in [-0.4, -0.2) is 38.0 Å². The number of anilines is 1. The quantitative estimate of drug-likeness (QED) is 0.587. The molecule has 2 aromatic rings. The minimum Gasteiger partial charge on any atom is -0.367 e. The second-order valence-corrected chi connectivity index (χ2v) is 11.2. The molecule has 36 heavy (non-hydrogen) atoms. The van der Waals surface area contributed by atoms with Crippen molar-refractivity contribution >= 4 is 27.5 Å². The third-order valence-electron chi connectivity index (χ3n) is 7.20. The smallest absolute Gasteiger partial charge is 0.367 e. The van der Waals surface area contributed by atoms with E-state index in [2.05, 4.69) is 4.72 Å². The van der Waals surface area contributed by atoms with Gasteiger partial charge in [0.1, 0.15) is 0 Å². The maximum Gasteiger partial charge on any atom is 0.417 e. The first-order valence-corrected chi connectivity index (χ1v) is 12.6. The normalized spacial score (nSPS) is 29.1. The maximum absolute atomic E-state index is 13.5. The molecule has 4 atom stereocenters. The number of carbonyl (C=O) groups excluding carboxylic acids is 2. The van der Waals surface area contributed by atoms with Gasteiger partial charge in [0, 0.05) is 13.0 Å². The number of nitrogens with one attached hydrogen (secondary N) is 1. The van der Waals surface area contributed by atoms with E-state index in [4.69, 9.17) is 10.00 Å². The molecule has 188 valence electrons. The summed E-state index contributed by atoms with van der Waals surface area (Å²) < 4.78 is 74.0. The van der Waals surface area contributed by atoms with Crippen molar-refractivity contribution < 1.29 is 35.9 Å². The average molecular weight is 520 g/mol. The molecule has 2 unspecified atom stereocenters. The fourth-order valence-corrected chi connectivity index (χ4v) is 6.90. The summed E-state index contributed by atoms with van der Waals surface area (Å²) in [4.78, 5) is 27.5. The Morgan fingerprint density at radius 2 is 1.78 bits per heavy atom. The van der Waals surface area contributed by atoms with E-state index in [-0.39, 0.29) is 23.5 Å². The molecule has 8 nitrogen and oxygen atoms in total. The molecule has 0 aromatic heterocycles. The van der Waals surface area contributed by atoms with Crippen LogP contribution in [0.1, 0.15) is 30.9 Å². The van der Waals surface area contributed by atoms with Gasteiger partial charge in [-0.2, -0.15) is 18.4 Å². The molecular weight excluding hydrogens is 499 g/mol. The zero-order valence-corrected chi connectivity index (χ0v) is 19.7. The highest BCUT2D eigenvalue weighted by atomic mass is 32.2. The molecule has 1 N–H and O–H groups in total. The van der Waals surface area contributed by atoms with Crippen LogP contribution in [0.4, 0.5) is 18.9 Å². The number of rotatable bonds is 6. The molecule has 2 bridgehead atoms. The number of imide groups is 1. The van der Waals surface area contributed by atoms with Gasteiger partial charge in [-0.1, -0.05) is 18.2 Å². The van der Waals surface area contributed by atoms with Crippen molar-refractivity contribution in [3.05, 3.63) is 59.7 Å². The fourth-order valence-electron chi connectivity index (χ4n) is 5.84.